The standard InChI is InChI=1S/C32H39ClFN7O2/c1-5-6-7-26(20-8-10-21(11-9-20)29(42)35-19-27-37-39-40-38-27)41-30(43)28(22-12-13-25(34)24(33)18-22)36-32(41)16-14-23(15-17-32)31(2,3)4/h8-13,18,23,26H,5-7,14-17,19H2,1-4H3,(H,35,42)(H,37,38,39,40). The Labute approximate surface area is 256 Å². The van der Waals surface area contributed by atoms with E-state index in [2.05, 4.69) is 53.6 Å². The maximum Gasteiger partial charge on any atom is 0.275 e. The molecule has 1 saturated carbocycles. The molecule has 1 aliphatic carbocycles. The van der Waals surface area contributed by atoms with Crippen LogP contribution in [-0.2, 0) is 11.3 Å². The number of halogens is 2. The van der Waals surface area contributed by atoms with Crippen molar-refractivity contribution in [3.63, 3.8) is 0 Å². The van der Waals surface area contributed by atoms with Crippen molar-refractivity contribution in [2.45, 2.75) is 90.9 Å². The molecule has 5 rings (SSSR count). The molecule has 1 atom stereocenters. The lowest BCUT2D eigenvalue weighted by molar-refractivity contribution is -0.133. The zero-order chi connectivity index (χ0) is 30.8. The van der Waals surface area contributed by atoms with Crippen molar-refractivity contribution in [3.8, 4) is 0 Å². The smallest absolute Gasteiger partial charge is 0.275 e. The number of hydrogen-bond acceptors (Lipinski definition) is 6. The number of hydrogen-bond donors (Lipinski definition) is 2. The van der Waals surface area contributed by atoms with Crippen molar-refractivity contribution >= 4 is 29.1 Å². The minimum absolute atomic E-state index is 0.0346. The van der Waals surface area contributed by atoms with Crippen LogP contribution >= 0.6 is 11.6 Å². The number of unbranched alkanes of at least 4 members (excludes halogenated alkanes) is 1. The second-order valence-electron chi connectivity index (χ2n) is 12.7. The molecule has 1 unspecified atom stereocenters. The van der Waals surface area contributed by atoms with E-state index < -0.39 is 11.5 Å². The number of nitrogens with one attached hydrogen (secondary N) is 2. The average Bonchev–Trinajstić information content (AvgIpc) is 3.60. The van der Waals surface area contributed by atoms with Gasteiger partial charge in [0.25, 0.3) is 11.8 Å². The number of amides is 2. The predicted molar refractivity (Wildman–Crippen MR) is 163 cm³/mol. The van der Waals surface area contributed by atoms with Crippen LogP contribution < -0.4 is 5.32 Å². The van der Waals surface area contributed by atoms with Gasteiger partial charge in [0.2, 0.25) is 0 Å². The maximum atomic E-state index is 14.4. The van der Waals surface area contributed by atoms with E-state index in [1.807, 2.05) is 17.0 Å². The van der Waals surface area contributed by atoms with Crippen molar-refractivity contribution in [2.24, 2.45) is 16.3 Å². The highest BCUT2D eigenvalue weighted by molar-refractivity contribution is 6.47. The van der Waals surface area contributed by atoms with E-state index in [0.717, 1.165) is 50.5 Å². The lowest BCUT2D eigenvalue weighted by Gasteiger charge is -2.47. The van der Waals surface area contributed by atoms with Crippen LogP contribution in [-0.4, -0.2) is 48.7 Å². The second-order valence-corrected chi connectivity index (χ2v) is 13.1. The van der Waals surface area contributed by atoms with Gasteiger partial charge < -0.3 is 10.2 Å². The third-order valence-corrected chi connectivity index (χ3v) is 9.18. The fourth-order valence-electron chi connectivity index (χ4n) is 6.39. The average molecular weight is 608 g/mol. The number of tetrazole rings is 1. The Morgan fingerprint density at radius 1 is 1.19 bits per heavy atom. The van der Waals surface area contributed by atoms with Crippen LogP contribution in [0.3, 0.4) is 0 Å². The topological polar surface area (TPSA) is 116 Å². The third kappa shape index (κ3) is 6.49. The zero-order valence-electron chi connectivity index (χ0n) is 25.2. The molecular weight excluding hydrogens is 569 g/mol. The van der Waals surface area contributed by atoms with E-state index in [1.54, 1.807) is 18.2 Å². The van der Waals surface area contributed by atoms with Gasteiger partial charge in [0.1, 0.15) is 17.2 Å². The SMILES string of the molecule is CCCCC(c1ccc(C(=O)NCc2nn[nH]n2)cc1)N1C(=O)C(c2ccc(F)c(Cl)c2)=NC12CCC(C(C)(C)C)CC2. The van der Waals surface area contributed by atoms with Crippen LogP contribution in [0.25, 0.3) is 0 Å². The minimum atomic E-state index is -0.700. The molecule has 228 valence electrons. The second kappa shape index (κ2) is 12.5. The summed E-state index contributed by atoms with van der Waals surface area (Å²) < 4.78 is 14.1. The molecule has 2 N–H and O–H groups in total. The summed E-state index contributed by atoms with van der Waals surface area (Å²) in [6, 6.07) is 11.5. The molecule has 0 bridgehead atoms. The van der Waals surface area contributed by atoms with Crippen LogP contribution in [0.4, 0.5) is 4.39 Å². The van der Waals surface area contributed by atoms with E-state index in [4.69, 9.17) is 16.6 Å². The Bertz CT molecular complexity index is 1480. The predicted octanol–water partition coefficient (Wildman–Crippen LogP) is 6.42. The minimum Gasteiger partial charge on any atom is -0.345 e. The summed E-state index contributed by atoms with van der Waals surface area (Å²) in [6.45, 7) is 9.10. The van der Waals surface area contributed by atoms with Gasteiger partial charge in [-0.25, -0.2) is 4.39 Å². The number of carbonyl (C=O) groups is 2. The molecule has 43 heavy (non-hydrogen) atoms. The van der Waals surface area contributed by atoms with Gasteiger partial charge in [-0.1, -0.05) is 69.5 Å². The van der Waals surface area contributed by atoms with Gasteiger partial charge in [0, 0.05) is 11.1 Å². The first-order valence-corrected chi connectivity index (χ1v) is 15.4. The molecular formula is C32H39ClFN7O2. The molecule has 1 aliphatic heterocycles. The monoisotopic (exact) mass is 607 g/mol. The van der Waals surface area contributed by atoms with E-state index in [-0.39, 0.29) is 34.8 Å². The van der Waals surface area contributed by atoms with Crippen molar-refractivity contribution in [1.29, 1.82) is 0 Å². The van der Waals surface area contributed by atoms with Crippen molar-refractivity contribution in [1.82, 2.24) is 30.8 Å². The molecule has 1 fully saturated rings. The van der Waals surface area contributed by atoms with Crippen LogP contribution in [0.5, 0.6) is 0 Å². The van der Waals surface area contributed by atoms with E-state index >= 15 is 0 Å². The summed E-state index contributed by atoms with van der Waals surface area (Å²) in [7, 11) is 0. The molecule has 2 heterocycles. The van der Waals surface area contributed by atoms with Crippen LogP contribution in [0.15, 0.2) is 47.5 Å². The number of aromatic nitrogens is 4. The summed E-state index contributed by atoms with van der Waals surface area (Å²) in [5, 5.41) is 16.4. The molecule has 0 radical (unpaired) electrons. The number of rotatable bonds is 9. The number of nitrogens with zero attached hydrogens (tertiary/aromatic N) is 5. The number of benzene rings is 2. The van der Waals surface area contributed by atoms with Gasteiger partial charge in [-0.15, -0.1) is 10.2 Å². The Balaban J connectivity index is 1.47. The first-order valence-electron chi connectivity index (χ1n) is 15.0. The van der Waals surface area contributed by atoms with E-state index in [0.29, 0.717) is 28.6 Å². The first kappa shape index (κ1) is 30.8. The number of H-pyrrole nitrogens is 1. The third-order valence-electron chi connectivity index (χ3n) is 8.89. The van der Waals surface area contributed by atoms with Gasteiger partial charge in [0.15, 0.2) is 5.82 Å². The van der Waals surface area contributed by atoms with Crippen LogP contribution in [0, 0.1) is 17.2 Å². The molecule has 9 nitrogen and oxygen atoms in total. The fraction of sp³-hybridized carbons (Fsp3) is 0.500. The molecule has 2 aromatic carbocycles. The van der Waals surface area contributed by atoms with Gasteiger partial charge in [-0.2, -0.15) is 5.21 Å². The maximum absolute atomic E-state index is 14.4. The summed E-state index contributed by atoms with van der Waals surface area (Å²) in [6.07, 6.45) is 6.04. The zero-order valence-corrected chi connectivity index (χ0v) is 25.9. The first-order chi connectivity index (χ1) is 20.5. The molecule has 2 amide bonds. The van der Waals surface area contributed by atoms with E-state index in [9.17, 15) is 14.0 Å². The summed E-state index contributed by atoms with van der Waals surface area (Å²) in [4.78, 5) is 34.3. The quantitative estimate of drug-likeness (QED) is 0.291. The van der Waals surface area contributed by atoms with E-state index in [1.165, 1.54) is 12.1 Å². The van der Waals surface area contributed by atoms with Crippen molar-refractivity contribution in [3.05, 3.63) is 75.8 Å². The summed E-state index contributed by atoms with van der Waals surface area (Å²) in [5.74, 6) is -0.0406. The van der Waals surface area contributed by atoms with Crippen LogP contribution in [0.2, 0.25) is 5.02 Å². The lowest BCUT2D eigenvalue weighted by atomic mass is 9.69. The molecule has 3 aromatic rings. The normalized spacial score (nSPS) is 21.3. The largest absolute Gasteiger partial charge is 0.345 e. The van der Waals surface area contributed by atoms with Crippen molar-refractivity contribution in [2.75, 3.05) is 0 Å². The summed E-state index contributed by atoms with van der Waals surface area (Å²) in [5.41, 5.74) is 1.76. The lowest BCUT2D eigenvalue weighted by Crippen LogP contribution is -2.51. The molecule has 11 heteroatoms. The van der Waals surface area contributed by atoms with Crippen molar-refractivity contribution < 1.29 is 14.0 Å². The Morgan fingerprint density at radius 2 is 1.91 bits per heavy atom. The van der Waals surface area contributed by atoms with Gasteiger partial charge in [0.05, 0.1) is 17.6 Å². The Morgan fingerprint density at radius 3 is 2.51 bits per heavy atom. The summed E-state index contributed by atoms with van der Waals surface area (Å²) >= 11 is 6.14. The molecule has 1 aromatic heterocycles. The highest BCUT2D eigenvalue weighted by Gasteiger charge is 2.52. The molecule has 0 saturated heterocycles. The molecule has 2 aliphatic rings. The van der Waals surface area contributed by atoms with Gasteiger partial charge in [-0.05, 0) is 79.3 Å². The Kier molecular flexibility index (Phi) is 8.96. The number of aromatic amines is 1. The number of aliphatic imine (C=N–C) groups is 1. The Hall–Kier alpha value is -3.66. The van der Waals surface area contributed by atoms with Gasteiger partial charge in [-0.3, -0.25) is 14.6 Å². The fourth-order valence-corrected chi connectivity index (χ4v) is 6.57. The van der Waals surface area contributed by atoms with Gasteiger partial charge >= 0.3 is 0 Å². The highest BCUT2D eigenvalue weighted by Crippen LogP contribution is 2.50. The number of carbonyl (C=O) groups excluding carboxylic acids is 2. The molecule has 1 spiro atoms. The van der Waals surface area contributed by atoms with Crippen LogP contribution in [0.1, 0.15) is 106 Å². The highest BCUT2D eigenvalue weighted by atomic mass is 35.5.